The average molecular weight is 377 g/mol. The fourth-order valence-electron chi connectivity index (χ4n) is 3.18. The Morgan fingerprint density at radius 2 is 1.81 bits per heavy atom. The minimum absolute atomic E-state index is 0.323. The third kappa shape index (κ3) is 3.76. The van der Waals surface area contributed by atoms with E-state index in [0.29, 0.717) is 26.2 Å². The maximum atomic E-state index is 12.7. The lowest BCUT2D eigenvalue weighted by molar-refractivity contribution is -0.510. The number of anilines is 1. The molecule has 0 saturated carbocycles. The molecule has 0 radical (unpaired) electrons. The molecule has 0 bridgehead atoms. The minimum Gasteiger partial charge on any atom is -0.497 e. The van der Waals surface area contributed by atoms with Crippen molar-refractivity contribution in [1.82, 2.24) is 15.5 Å². The van der Waals surface area contributed by atoms with Crippen molar-refractivity contribution >= 4 is 23.5 Å². The number of imide groups is 1. The van der Waals surface area contributed by atoms with Crippen molar-refractivity contribution in [3.63, 3.8) is 0 Å². The highest BCUT2D eigenvalue weighted by Gasteiger charge is 2.49. The molecule has 2 heterocycles. The topological polar surface area (TPSA) is 134 Å². The van der Waals surface area contributed by atoms with Crippen molar-refractivity contribution in [2.45, 2.75) is 12.1 Å². The van der Waals surface area contributed by atoms with Crippen LogP contribution in [0.25, 0.3) is 0 Å². The summed E-state index contributed by atoms with van der Waals surface area (Å²) in [5, 5.41) is 15.2. The van der Waals surface area contributed by atoms with Crippen LogP contribution in [0.2, 0.25) is 0 Å². The molecule has 1 aromatic carbocycles. The molecule has 0 spiro atoms. The van der Waals surface area contributed by atoms with E-state index in [9.17, 15) is 24.5 Å². The number of amides is 4. The highest BCUT2D eigenvalue weighted by atomic mass is 16.6. The van der Waals surface area contributed by atoms with Gasteiger partial charge in [-0.2, -0.15) is 0 Å². The molecule has 3 rings (SSSR count). The number of nitrogens with zero attached hydrogens (tertiary/aromatic N) is 3. The molecule has 2 fully saturated rings. The van der Waals surface area contributed by atoms with Crippen LogP contribution in [0.5, 0.6) is 5.75 Å². The lowest BCUT2D eigenvalue weighted by Gasteiger charge is -2.38. The number of nitrogens with one attached hydrogen (secondary N) is 2. The molecule has 144 valence electrons. The van der Waals surface area contributed by atoms with Crippen LogP contribution in [0.15, 0.2) is 24.3 Å². The quantitative estimate of drug-likeness (QED) is 0.518. The summed E-state index contributed by atoms with van der Waals surface area (Å²) < 4.78 is 5.13. The van der Waals surface area contributed by atoms with Crippen molar-refractivity contribution < 1.29 is 24.0 Å². The number of ether oxygens (including phenoxy) is 1. The molecule has 2 aliphatic rings. The van der Waals surface area contributed by atoms with Crippen LogP contribution in [0.3, 0.4) is 0 Å². The van der Waals surface area contributed by atoms with Crippen molar-refractivity contribution in [3.8, 4) is 5.75 Å². The number of benzene rings is 1. The summed E-state index contributed by atoms with van der Waals surface area (Å²) >= 11 is 0. The second-order valence-electron chi connectivity index (χ2n) is 6.18. The predicted octanol–water partition coefficient (Wildman–Crippen LogP) is -0.803. The van der Waals surface area contributed by atoms with Crippen LogP contribution < -0.4 is 20.3 Å². The van der Waals surface area contributed by atoms with Crippen LogP contribution in [0.1, 0.15) is 0 Å². The van der Waals surface area contributed by atoms with E-state index >= 15 is 0 Å². The molecule has 2 atom stereocenters. The van der Waals surface area contributed by atoms with Gasteiger partial charge in [-0.15, -0.1) is 0 Å². The first kappa shape index (κ1) is 18.4. The summed E-state index contributed by atoms with van der Waals surface area (Å²) in [7, 11) is 1.59. The third-order valence-corrected chi connectivity index (χ3v) is 4.63. The summed E-state index contributed by atoms with van der Waals surface area (Å²) in [5.74, 6) is -0.974. The van der Waals surface area contributed by atoms with Crippen LogP contribution in [0.4, 0.5) is 10.5 Å². The summed E-state index contributed by atoms with van der Waals surface area (Å²) in [6.07, 6.45) is 0. The highest BCUT2D eigenvalue weighted by molar-refractivity contribution is 6.05. The van der Waals surface area contributed by atoms with E-state index in [-0.39, 0.29) is 0 Å². The van der Waals surface area contributed by atoms with Crippen molar-refractivity contribution in [3.05, 3.63) is 34.4 Å². The SMILES string of the molecule is COc1ccc(N2CCN(C(=O)C3NC(=O)NC(=O)C3[N+](=O)[O-])CC2)cc1. The summed E-state index contributed by atoms with van der Waals surface area (Å²) in [5.41, 5.74) is 0.969. The highest BCUT2D eigenvalue weighted by Crippen LogP contribution is 2.21. The number of hydrogen-bond acceptors (Lipinski definition) is 7. The second kappa shape index (κ2) is 7.48. The first-order valence-electron chi connectivity index (χ1n) is 8.33. The predicted molar refractivity (Wildman–Crippen MR) is 93.0 cm³/mol. The molecule has 0 aromatic heterocycles. The molecular weight excluding hydrogens is 358 g/mol. The first-order valence-corrected chi connectivity index (χ1v) is 8.33. The zero-order chi connectivity index (χ0) is 19.6. The molecule has 2 saturated heterocycles. The van der Waals surface area contributed by atoms with Gasteiger partial charge in [-0.05, 0) is 24.3 Å². The Bertz CT molecular complexity index is 759. The van der Waals surface area contributed by atoms with Gasteiger partial charge >= 0.3 is 18.0 Å². The van der Waals surface area contributed by atoms with Gasteiger partial charge in [0.25, 0.3) is 5.91 Å². The third-order valence-electron chi connectivity index (χ3n) is 4.63. The van der Waals surface area contributed by atoms with E-state index < -0.39 is 34.9 Å². The normalized spacial score (nSPS) is 22.7. The van der Waals surface area contributed by atoms with Gasteiger partial charge in [0.2, 0.25) is 0 Å². The van der Waals surface area contributed by atoms with E-state index in [2.05, 4.69) is 10.2 Å². The number of rotatable bonds is 4. The van der Waals surface area contributed by atoms with Gasteiger partial charge in [0, 0.05) is 36.8 Å². The van der Waals surface area contributed by atoms with E-state index in [4.69, 9.17) is 4.74 Å². The lowest BCUT2D eigenvalue weighted by Crippen LogP contribution is -2.69. The monoisotopic (exact) mass is 377 g/mol. The van der Waals surface area contributed by atoms with Crippen LogP contribution >= 0.6 is 0 Å². The number of carbonyl (C=O) groups is 3. The van der Waals surface area contributed by atoms with E-state index in [1.165, 1.54) is 4.90 Å². The number of methoxy groups -OCH3 is 1. The maximum absolute atomic E-state index is 12.7. The standard InChI is InChI=1S/C16H19N5O6/c1-27-11-4-2-10(3-5-11)19-6-8-20(9-7-19)15(23)12-13(21(25)26)14(22)18-16(24)17-12/h2-5,12-13H,6-9H2,1H3,(H2,17,18,22,24). The molecule has 4 amide bonds. The first-order chi connectivity index (χ1) is 12.9. The second-order valence-corrected chi connectivity index (χ2v) is 6.18. The fourth-order valence-corrected chi connectivity index (χ4v) is 3.18. The Morgan fingerprint density at radius 3 is 2.37 bits per heavy atom. The molecular formula is C16H19N5O6. The zero-order valence-corrected chi connectivity index (χ0v) is 14.6. The van der Waals surface area contributed by atoms with Gasteiger partial charge in [-0.1, -0.05) is 0 Å². The maximum Gasteiger partial charge on any atom is 0.322 e. The molecule has 2 N–H and O–H groups in total. The number of nitro groups is 1. The van der Waals surface area contributed by atoms with Gasteiger partial charge in [-0.25, -0.2) is 4.79 Å². The summed E-state index contributed by atoms with van der Waals surface area (Å²) in [4.78, 5) is 49.7. The molecule has 11 heteroatoms. The van der Waals surface area contributed by atoms with Gasteiger partial charge in [0.15, 0.2) is 6.04 Å². The van der Waals surface area contributed by atoms with E-state index in [1.54, 1.807) is 7.11 Å². The van der Waals surface area contributed by atoms with Gasteiger partial charge in [-0.3, -0.25) is 25.0 Å². The van der Waals surface area contributed by atoms with Crippen LogP contribution in [0, 0.1) is 10.1 Å². The lowest BCUT2D eigenvalue weighted by atomic mass is 10.0. The van der Waals surface area contributed by atoms with Gasteiger partial charge in [0.05, 0.1) is 7.11 Å². The van der Waals surface area contributed by atoms with Crippen molar-refractivity contribution in [1.29, 1.82) is 0 Å². The summed E-state index contributed by atoms with van der Waals surface area (Å²) in [6.45, 7) is 1.69. The Hall–Kier alpha value is -3.37. The van der Waals surface area contributed by atoms with E-state index in [0.717, 1.165) is 11.4 Å². The number of carbonyl (C=O) groups excluding carboxylic acids is 3. The average Bonchev–Trinajstić information content (AvgIpc) is 2.66. The van der Waals surface area contributed by atoms with Crippen molar-refractivity contribution in [2.24, 2.45) is 0 Å². The molecule has 2 aliphatic heterocycles. The van der Waals surface area contributed by atoms with Crippen molar-refractivity contribution in [2.75, 3.05) is 38.2 Å². The Kier molecular flexibility index (Phi) is 5.10. The van der Waals surface area contributed by atoms with Crippen LogP contribution in [-0.2, 0) is 9.59 Å². The Morgan fingerprint density at radius 1 is 1.19 bits per heavy atom. The molecule has 0 aliphatic carbocycles. The fraction of sp³-hybridized carbons (Fsp3) is 0.438. The number of urea groups is 1. The molecule has 2 unspecified atom stereocenters. The molecule has 1 aromatic rings. The van der Waals surface area contributed by atoms with E-state index in [1.807, 2.05) is 29.6 Å². The smallest absolute Gasteiger partial charge is 0.322 e. The largest absolute Gasteiger partial charge is 0.497 e. The van der Waals surface area contributed by atoms with Gasteiger partial charge < -0.3 is 19.9 Å². The number of piperazine rings is 1. The van der Waals surface area contributed by atoms with Crippen LogP contribution in [-0.4, -0.2) is 73.0 Å². The zero-order valence-electron chi connectivity index (χ0n) is 14.6. The number of hydrogen-bond donors (Lipinski definition) is 2. The minimum atomic E-state index is -1.84. The molecule has 11 nitrogen and oxygen atoms in total. The molecule has 27 heavy (non-hydrogen) atoms. The Labute approximate surface area is 154 Å². The Balaban J connectivity index is 1.65. The summed E-state index contributed by atoms with van der Waals surface area (Å²) in [6, 6.07) is 3.24. The van der Waals surface area contributed by atoms with Gasteiger partial charge in [0.1, 0.15) is 5.75 Å².